The lowest BCUT2D eigenvalue weighted by atomic mass is 10.3. The van der Waals surface area contributed by atoms with Gasteiger partial charge in [-0.2, -0.15) is 0 Å². The summed E-state index contributed by atoms with van der Waals surface area (Å²) in [4.78, 5) is 12.3. The Hall–Kier alpha value is -2.02. The summed E-state index contributed by atoms with van der Waals surface area (Å²) in [6, 6.07) is 14.8. The minimum atomic E-state index is -0.172. The number of hydrogen-bond acceptors (Lipinski definition) is 4. The largest absolute Gasteiger partial charge is 0.325 e. The third-order valence-electron chi connectivity index (χ3n) is 3.51. The van der Waals surface area contributed by atoms with Crippen molar-refractivity contribution in [1.29, 1.82) is 0 Å². The molecule has 0 spiro atoms. The molecule has 0 radical (unpaired) electrons. The molecule has 3 aromatic rings. The second-order valence-electron chi connectivity index (χ2n) is 5.42. The van der Waals surface area contributed by atoms with Gasteiger partial charge in [0.25, 0.3) is 0 Å². The van der Waals surface area contributed by atoms with Crippen LogP contribution in [0, 0.1) is 0 Å². The summed E-state index contributed by atoms with van der Waals surface area (Å²) in [5.41, 5.74) is 1.53. The van der Waals surface area contributed by atoms with Crippen molar-refractivity contribution in [3.05, 3.63) is 64.4 Å². The number of hydrogen-bond donors (Lipinski definition) is 1. The number of thioether (sulfide) groups is 1. The number of aromatic nitrogens is 3. The topological polar surface area (TPSA) is 59.8 Å². The van der Waals surface area contributed by atoms with E-state index in [0.717, 1.165) is 17.9 Å². The van der Waals surface area contributed by atoms with Crippen LogP contribution in [0.15, 0.2) is 53.7 Å². The Morgan fingerprint density at radius 1 is 1.12 bits per heavy atom. The molecule has 26 heavy (non-hydrogen) atoms. The Morgan fingerprint density at radius 3 is 2.46 bits per heavy atom. The number of nitrogens with zero attached hydrogens (tertiary/aromatic N) is 3. The predicted octanol–water partition coefficient (Wildman–Crippen LogP) is 4.87. The zero-order valence-electron chi connectivity index (χ0n) is 13.9. The van der Waals surface area contributed by atoms with Gasteiger partial charge in [-0.3, -0.25) is 9.36 Å². The Morgan fingerprint density at radius 2 is 1.81 bits per heavy atom. The molecule has 8 heteroatoms. The van der Waals surface area contributed by atoms with Crippen molar-refractivity contribution in [2.24, 2.45) is 0 Å². The van der Waals surface area contributed by atoms with Crippen LogP contribution in [-0.4, -0.2) is 26.4 Å². The molecule has 0 saturated heterocycles. The zero-order chi connectivity index (χ0) is 18.5. The molecule has 0 aliphatic heterocycles. The van der Waals surface area contributed by atoms with E-state index in [4.69, 9.17) is 23.2 Å². The number of benzene rings is 2. The number of rotatable bonds is 6. The van der Waals surface area contributed by atoms with Crippen LogP contribution in [0.3, 0.4) is 0 Å². The van der Waals surface area contributed by atoms with Crippen LogP contribution in [0.1, 0.15) is 12.7 Å². The molecule has 3 rings (SSSR count). The van der Waals surface area contributed by atoms with Crippen LogP contribution in [0.5, 0.6) is 0 Å². The monoisotopic (exact) mass is 406 g/mol. The van der Waals surface area contributed by atoms with Gasteiger partial charge < -0.3 is 5.32 Å². The maximum atomic E-state index is 12.3. The second-order valence-corrected chi connectivity index (χ2v) is 7.23. The number of carbonyl (C=O) groups is 1. The highest BCUT2D eigenvalue weighted by Crippen LogP contribution is 2.24. The lowest BCUT2D eigenvalue weighted by Gasteiger charge is -2.09. The lowest BCUT2D eigenvalue weighted by molar-refractivity contribution is -0.113. The fraction of sp³-hybridized carbons (Fsp3) is 0.167. The Labute approximate surface area is 165 Å². The van der Waals surface area contributed by atoms with Crippen molar-refractivity contribution in [3.8, 4) is 5.69 Å². The summed E-state index contributed by atoms with van der Waals surface area (Å²) in [5, 5.41) is 12.8. The molecule has 0 aliphatic rings. The second kappa shape index (κ2) is 8.58. The SMILES string of the molecule is CCc1nnc(SCC(=O)Nc2cc(Cl)cc(Cl)c2)n1-c1ccccc1. The molecule has 1 N–H and O–H groups in total. The highest BCUT2D eigenvalue weighted by atomic mass is 35.5. The summed E-state index contributed by atoms with van der Waals surface area (Å²) in [7, 11) is 0. The van der Waals surface area contributed by atoms with Crippen LogP contribution >= 0.6 is 35.0 Å². The molecule has 0 unspecified atom stereocenters. The van der Waals surface area contributed by atoms with Crippen molar-refractivity contribution in [1.82, 2.24) is 14.8 Å². The first-order chi connectivity index (χ1) is 12.6. The van der Waals surface area contributed by atoms with E-state index in [2.05, 4.69) is 15.5 Å². The fourth-order valence-corrected chi connectivity index (χ4v) is 3.71. The minimum Gasteiger partial charge on any atom is -0.325 e. The molecule has 1 amide bonds. The van der Waals surface area contributed by atoms with Gasteiger partial charge >= 0.3 is 0 Å². The standard InChI is InChI=1S/C18H16Cl2N4OS/c1-2-16-22-23-18(24(16)15-6-4-3-5-7-15)26-11-17(25)21-14-9-12(19)8-13(20)10-14/h3-10H,2,11H2,1H3,(H,21,25). The van der Waals surface area contributed by atoms with Crippen LogP contribution in [-0.2, 0) is 11.2 Å². The van der Waals surface area contributed by atoms with E-state index in [0.29, 0.717) is 20.9 Å². The number of carbonyl (C=O) groups excluding carboxylic acids is 1. The van der Waals surface area contributed by atoms with Gasteiger partial charge in [0.1, 0.15) is 5.82 Å². The van der Waals surface area contributed by atoms with E-state index in [-0.39, 0.29) is 11.7 Å². The van der Waals surface area contributed by atoms with E-state index in [1.165, 1.54) is 11.8 Å². The number of anilines is 1. The van der Waals surface area contributed by atoms with Crippen LogP contribution in [0.25, 0.3) is 5.69 Å². The van der Waals surface area contributed by atoms with Gasteiger partial charge in [-0.05, 0) is 30.3 Å². The summed E-state index contributed by atoms with van der Waals surface area (Å²) in [6.07, 6.45) is 0.746. The van der Waals surface area contributed by atoms with Crippen molar-refractivity contribution in [2.75, 3.05) is 11.1 Å². The molecule has 2 aromatic carbocycles. The van der Waals surface area contributed by atoms with Crippen LogP contribution in [0.4, 0.5) is 5.69 Å². The minimum absolute atomic E-state index is 0.172. The molecule has 5 nitrogen and oxygen atoms in total. The smallest absolute Gasteiger partial charge is 0.234 e. The molecule has 1 aromatic heterocycles. The van der Waals surface area contributed by atoms with Crippen molar-refractivity contribution in [2.45, 2.75) is 18.5 Å². The molecular weight excluding hydrogens is 391 g/mol. The van der Waals surface area contributed by atoms with Crippen LogP contribution < -0.4 is 5.32 Å². The van der Waals surface area contributed by atoms with Gasteiger partial charge in [0.15, 0.2) is 5.16 Å². The highest BCUT2D eigenvalue weighted by Gasteiger charge is 2.15. The van der Waals surface area contributed by atoms with Crippen molar-refractivity contribution in [3.63, 3.8) is 0 Å². The van der Waals surface area contributed by atoms with Crippen molar-refractivity contribution < 1.29 is 4.79 Å². The van der Waals surface area contributed by atoms with E-state index in [1.54, 1.807) is 18.2 Å². The summed E-state index contributed by atoms with van der Waals surface area (Å²) < 4.78 is 1.97. The molecule has 134 valence electrons. The van der Waals surface area contributed by atoms with Gasteiger partial charge in [0, 0.05) is 27.8 Å². The van der Waals surface area contributed by atoms with E-state index in [1.807, 2.05) is 41.8 Å². The molecule has 0 saturated carbocycles. The Bertz CT molecular complexity index is 895. The third-order valence-corrected chi connectivity index (χ3v) is 4.88. The predicted molar refractivity (Wildman–Crippen MR) is 107 cm³/mol. The Kier molecular flexibility index (Phi) is 6.19. The fourth-order valence-electron chi connectivity index (χ4n) is 2.41. The summed E-state index contributed by atoms with van der Waals surface area (Å²) >= 11 is 13.2. The van der Waals surface area contributed by atoms with E-state index in [9.17, 15) is 4.79 Å². The molecule has 0 bridgehead atoms. The molecule has 0 fully saturated rings. The third kappa shape index (κ3) is 4.58. The normalized spacial score (nSPS) is 10.7. The molecular formula is C18H16Cl2N4OS. The Balaban J connectivity index is 1.72. The first-order valence-electron chi connectivity index (χ1n) is 7.95. The van der Waals surface area contributed by atoms with Gasteiger partial charge in [-0.15, -0.1) is 10.2 Å². The number of nitrogens with one attached hydrogen (secondary N) is 1. The van der Waals surface area contributed by atoms with Gasteiger partial charge in [0.2, 0.25) is 5.91 Å². The molecule has 0 aliphatic carbocycles. The maximum absolute atomic E-state index is 12.3. The molecule has 1 heterocycles. The number of para-hydroxylation sites is 1. The van der Waals surface area contributed by atoms with Gasteiger partial charge in [0.05, 0.1) is 5.75 Å². The van der Waals surface area contributed by atoms with Gasteiger partial charge in [-0.1, -0.05) is 60.1 Å². The zero-order valence-corrected chi connectivity index (χ0v) is 16.3. The number of halogens is 2. The number of aryl methyl sites for hydroxylation is 1. The average Bonchev–Trinajstić information content (AvgIpc) is 3.03. The summed E-state index contributed by atoms with van der Waals surface area (Å²) in [6.45, 7) is 2.02. The van der Waals surface area contributed by atoms with E-state index < -0.39 is 0 Å². The quantitative estimate of drug-likeness (QED) is 0.593. The maximum Gasteiger partial charge on any atom is 0.234 e. The van der Waals surface area contributed by atoms with Crippen molar-refractivity contribution >= 4 is 46.6 Å². The van der Waals surface area contributed by atoms with E-state index >= 15 is 0 Å². The first-order valence-corrected chi connectivity index (χ1v) is 9.69. The summed E-state index contributed by atoms with van der Waals surface area (Å²) in [5.74, 6) is 0.869. The van der Waals surface area contributed by atoms with Crippen LogP contribution in [0.2, 0.25) is 10.0 Å². The highest BCUT2D eigenvalue weighted by molar-refractivity contribution is 7.99. The average molecular weight is 407 g/mol. The lowest BCUT2D eigenvalue weighted by Crippen LogP contribution is -2.14. The first kappa shape index (κ1) is 18.8. The molecule has 0 atom stereocenters. The number of amides is 1. The van der Waals surface area contributed by atoms with Gasteiger partial charge in [-0.25, -0.2) is 0 Å².